The number of aryl methyl sites for hydroxylation is 4. The smallest absolute Gasteiger partial charge is 0.259 e. The number of fused-ring (bicyclic) bond motifs is 1. The molecule has 0 aromatic heterocycles. The normalized spacial score (nSPS) is 10.9. The lowest BCUT2D eigenvalue weighted by atomic mass is 10.0. The van der Waals surface area contributed by atoms with Crippen molar-refractivity contribution in [1.29, 1.82) is 0 Å². The van der Waals surface area contributed by atoms with Crippen LogP contribution in [0.5, 0.6) is 5.75 Å². The monoisotopic (exact) mass is 562 g/mol. The van der Waals surface area contributed by atoms with Crippen LogP contribution in [0.4, 0.5) is 22.7 Å². The molecule has 6 aromatic rings. The number of hydrogen-bond donors (Lipinski definition) is 2. The zero-order valence-corrected chi connectivity index (χ0v) is 24.4. The SMILES string of the molecule is Cc1ccc(N(c2ccc(C)cc2)c2ccc(CCc3cccc(NC(=O)c4cc5ccccc5cc4O)c3)cc2)cc1. The average Bonchev–Trinajstić information content (AvgIpc) is 3.02. The van der Waals surface area contributed by atoms with E-state index in [1.807, 2.05) is 42.5 Å². The van der Waals surface area contributed by atoms with Crippen LogP contribution < -0.4 is 10.2 Å². The second kappa shape index (κ2) is 12.3. The van der Waals surface area contributed by atoms with E-state index in [9.17, 15) is 9.90 Å². The molecule has 6 aromatic carbocycles. The number of nitrogens with one attached hydrogen (secondary N) is 1. The van der Waals surface area contributed by atoms with Gasteiger partial charge in [-0.3, -0.25) is 4.79 Å². The van der Waals surface area contributed by atoms with Crippen LogP contribution in [-0.2, 0) is 12.8 Å². The van der Waals surface area contributed by atoms with Crippen molar-refractivity contribution >= 4 is 39.4 Å². The van der Waals surface area contributed by atoms with Gasteiger partial charge >= 0.3 is 0 Å². The molecule has 4 heteroatoms. The molecule has 212 valence electrons. The number of carbonyl (C=O) groups excluding carboxylic acids is 1. The highest BCUT2D eigenvalue weighted by Crippen LogP contribution is 2.35. The number of benzene rings is 6. The van der Waals surface area contributed by atoms with Crippen LogP contribution in [0.2, 0.25) is 0 Å². The van der Waals surface area contributed by atoms with Gasteiger partial charge in [0, 0.05) is 22.7 Å². The summed E-state index contributed by atoms with van der Waals surface area (Å²) in [6, 6.07) is 44.9. The minimum Gasteiger partial charge on any atom is -0.507 e. The zero-order valence-electron chi connectivity index (χ0n) is 24.4. The number of hydrogen-bond acceptors (Lipinski definition) is 3. The van der Waals surface area contributed by atoms with Crippen molar-refractivity contribution in [3.63, 3.8) is 0 Å². The van der Waals surface area contributed by atoms with E-state index in [4.69, 9.17) is 0 Å². The predicted octanol–water partition coefficient (Wildman–Crippen LogP) is 9.67. The molecule has 0 fully saturated rings. The maximum atomic E-state index is 13.0. The van der Waals surface area contributed by atoms with E-state index in [2.05, 4.69) is 103 Å². The van der Waals surface area contributed by atoms with Crippen LogP contribution in [0.15, 0.2) is 133 Å². The number of nitrogens with zero attached hydrogens (tertiary/aromatic N) is 1. The minimum absolute atomic E-state index is 0.0286. The molecule has 6 rings (SSSR count). The summed E-state index contributed by atoms with van der Waals surface area (Å²) in [5.41, 5.74) is 9.16. The molecule has 0 spiro atoms. The van der Waals surface area contributed by atoms with Gasteiger partial charge < -0.3 is 15.3 Å². The van der Waals surface area contributed by atoms with Crippen molar-refractivity contribution in [1.82, 2.24) is 0 Å². The van der Waals surface area contributed by atoms with E-state index in [0.717, 1.165) is 46.2 Å². The highest BCUT2D eigenvalue weighted by molar-refractivity contribution is 6.08. The molecular weight excluding hydrogens is 528 g/mol. The Kier molecular flexibility index (Phi) is 7.92. The lowest BCUT2D eigenvalue weighted by Crippen LogP contribution is -2.12. The Hall–Kier alpha value is -5.35. The summed E-state index contributed by atoms with van der Waals surface area (Å²) in [7, 11) is 0. The molecule has 0 unspecified atom stereocenters. The van der Waals surface area contributed by atoms with Gasteiger partial charge in [-0.05, 0) is 109 Å². The van der Waals surface area contributed by atoms with E-state index in [1.165, 1.54) is 16.7 Å². The first-order valence-electron chi connectivity index (χ1n) is 14.6. The van der Waals surface area contributed by atoms with E-state index in [1.54, 1.807) is 12.1 Å². The number of amides is 1. The van der Waals surface area contributed by atoms with Crippen LogP contribution in [0.25, 0.3) is 10.8 Å². The molecule has 0 aliphatic heterocycles. The molecular formula is C39H34N2O2. The van der Waals surface area contributed by atoms with Gasteiger partial charge in [0.25, 0.3) is 5.91 Å². The molecule has 0 radical (unpaired) electrons. The van der Waals surface area contributed by atoms with E-state index < -0.39 is 0 Å². The third kappa shape index (κ3) is 6.44. The van der Waals surface area contributed by atoms with Gasteiger partial charge in [-0.2, -0.15) is 0 Å². The standard InChI is InChI=1S/C39H34N2O2/c1-27-10-18-34(19-11-27)41(35-20-12-28(2)13-21-35)36-22-16-29(17-23-36)14-15-30-6-5-9-33(24-30)40-39(43)37-25-31-7-3-4-8-32(31)26-38(37)42/h3-13,16-26,42H,14-15H2,1-2H3,(H,40,43). The van der Waals surface area contributed by atoms with Crippen LogP contribution in [0.3, 0.4) is 0 Å². The first kappa shape index (κ1) is 27.8. The van der Waals surface area contributed by atoms with Gasteiger partial charge in [-0.1, -0.05) is 83.9 Å². The molecule has 0 saturated heterocycles. The Bertz CT molecular complexity index is 1830. The van der Waals surface area contributed by atoms with Gasteiger partial charge in [-0.25, -0.2) is 0 Å². The van der Waals surface area contributed by atoms with Crippen LogP contribution in [0.1, 0.15) is 32.6 Å². The number of aromatic hydroxyl groups is 1. The maximum absolute atomic E-state index is 13.0. The lowest BCUT2D eigenvalue weighted by Gasteiger charge is -2.26. The van der Waals surface area contributed by atoms with E-state index >= 15 is 0 Å². The van der Waals surface area contributed by atoms with Crippen molar-refractivity contribution in [3.05, 3.63) is 161 Å². The highest BCUT2D eigenvalue weighted by atomic mass is 16.3. The van der Waals surface area contributed by atoms with Crippen molar-refractivity contribution < 1.29 is 9.90 Å². The van der Waals surface area contributed by atoms with Gasteiger partial charge in [0.2, 0.25) is 0 Å². The fourth-order valence-corrected chi connectivity index (χ4v) is 5.35. The quantitative estimate of drug-likeness (QED) is 0.194. The maximum Gasteiger partial charge on any atom is 0.259 e. The fourth-order valence-electron chi connectivity index (χ4n) is 5.35. The van der Waals surface area contributed by atoms with Gasteiger partial charge in [0.05, 0.1) is 5.56 Å². The average molecular weight is 563 g/mol. The minimum atomic E-state index is -0.331. The molecule has 0 bridgehead atoms. The fraction of sp³-hybridized carbons (Fsp3) is 0.103. The van der Waals surface area contributed by atoms with Crippen molar-refractivity contribution in [2.75, 3.05) is 10.2 Å². The predicted molar refractivity (Wildman–Crippen MR) is 178 cm³/mol. The Morgan fingerprint density at radius 1 is 0.605 bits per heavy atom. The molecule has 1 amide bonds. The summed E-state index contributed by atoms with van der Waals surface area (Å²) in [6.45, 7) is 4.21. The summed E-state index contributed by atoms with van der Waals surface area (Å²) >= 11 is 0. The summed E-state index contributed by atoms with van der Waals surface area (Å²) < 4.78 is 0. The van der Waals surface area contributed by atoms with E-state index in [-0.39, 0.29) is 17.2 Å². The first-order chi connectivity index (χ1) is 20.9. The molecule has 0 saturated carbocycles. The number of rotatable bonds is 8. The summed E-state index contributed by atoms with van der Waals surface area (Å²) in [5, 5.41) is 15.2. The lowest BCUT2D eigenvalue weighted by molar-refractivity contribution is 0.102. The molecule has 43 heavy (non-hydrogen) atoms. The van der Waals surface area contributed by atoms with Crippen LogP contribution >= 0.6 is 0 Å². The Labute approximate surface area is 252 Å². The molecule has 0 heterocycles. The van der Waals surface area contributed by atoms with Crippen molar-refractivity contribution in [2.24, 2.45) is 0 Å². The molecule has 2 N–H and O–H groups in total. The Balaban J connectivity index is 1.15. The first-order valence-corrected chi connectivity index (χ1v) is 14.6. The van der Waals surface area contributed by atoms with Crippen molar-refractivity contribution in [3.8, 4) is 5.75 Å². The number of phenols is 1. The van der Waals surface area contributed by atoms with Gasteiger partial charge in [0.1, 0.15) is 5.75 Å². The second-order valence-corrected chi connectivity index (χ2v) is 11.0. The molecule has 0 aliphatic rings. The Morgan fingerprint density at radius 2 is 1.14 bits per heavy atom. The molecule has 4 nitrogen and oxygen atoms in total. The number of anilines is 4. The molecule has 0 aliphatic carbocycles. The third-order valence-corrected chi connectivity index (χ3v) is 7.77. The molecule has 0 atom stereocenters. The third-order valence-electron chi connectivity index (χ3n) is 7.77. The Morgan fingerprint density at radius 3 is 1.74 bits per heavy atom. The van der Waals surface area contributed by atoms with Gasteiger partial charge in [-0.15, -0.1) is 0 Å². The van der Waals surface area contributed by atoms with E-state index in [0.29, 0.717) is 5.69 Å². The zero-order chi connectivity index (χ0) is 29.8. The number of carbonyl (C=O) groups is 1. The topological polar surface area (TPSA) is 52.6 Å². The van der Waals surface area contributed by atoms with Crippen molar-refractivity contribution in [2.45, 2.75) is 26.7 Å². The summed E-state index contributed by atoms with van der Waals surface area (Å²) in [6.07, 6.45) is 1.71. The largest absolute Gasteiger partial charge is 0.507 e. The summed E-state index contributed by atoms with van der Waals surface area (Å²) in [4.78, 5) is 15.3. The highest BCUT2D eigenvalue weighted by Gasteiger charge is 2.14. The summed E-state index contributed by atoms with van der Waals surface area (Å²) in [5.74, 6) is -0.359. The van der Waals surface area contributed by atoms with Gasteiger partial charge in [0.15, 0.2) is 0 Å². The number of phenolic OH excluding ortho intramolecular Hbond substituents is 1. The second-order valence-electron chi connectivity index (χ2n) is 11.0. The van der Waals surface area contributed by atoms with Crippen LogP contribution in [0, 0.1) is 13.8 Å². The van der Waals surface area contributed by atoms with Crippen LogP contribution in [-0.4, -0.2) is 11.0 Å².